The summed E-state index contributed by atoms with van der Waals surface area (Å²) in [5.41, 5.74) is 6.54. The fourth-order valence-electron chi connectivity index (χ4n) is 0.934. The Labute approximate surface area is 82.6 Å². The van der Waals surface area contributed by atoms with Crippen LogP contribution in [0.15, 0.2) is 30.3 Å². The van der Waals surface area contributed by atoms with Crippen molar-refractivity contribution in [1.82, 2.24) is 0 Å². The van der Waals surface area contributed by atoms with Crippen molar-refractivity contribution in [3.05, 3.63) is 35.9 Å². The second-order valence-corrected chi connectivity index (χ2v) is 2.49. The van der Waals surface area contributed by atoms with E-state index < -0.39 is 0 Å². The van der Waals surface area contributed by atoms with Gasteiger partial charge in [-0.2, -0.15) is 0 Å². The summed E-state index contributed by atoms with van der Waals surface area (Å²) >= 11 is 0. The molecule has 0 saturated carbocycles. The van der Waals surface area contributed by atoms with Gasteiger partial charge in [-0.05, 0) is 12.0 Å². The third-order valence-electron chi connectivity index (χ3n) is 1.49. The van der Waals surface area contributed by atoms with Crippen LogP contribution in [-0.2, 0) is 28.3 Å². The number of aldehydes is 1. The quantitative estimate of drug-likeness (QED) is 0.594. The molecule has 2 nitrogen and oxygen atoms in total. The summed E-state index contributed by atoms with van der Waals surface area (Å²) in [5, 5.41) is 0. The molecule has 2 N–H and O–H groups in total. The molecule has 0 amide bonds. The molecule has 0 spiro atoms. The van der Waals surface area contributed by atoms with Crippen LogP contribution in [-0.4, -0.2) is 12.3 Å². The fourth-order valence-corrected chi connectivity index (χ4v) is 0.934. The fraction of sp³-hybridized carbons (Fsp3) is 0.222. The molecule has 1 unspecified atom stereocenters. The molecule has 1 rings (SSSR count). The van der Waals surface area contributed by atoms with Gasteiger partial charge in [0.2, 0.25) is 0 Å². The van der Waals surface area contributed by atoms with E-state index in [9.17, 15) is 4.79 Å². The standard InChI is InChI=1S/C9H11NO.Cu/c10-9(7-11)6-8-4-2-1-3-5-8;/h1-5,7,9H,6,10H2;. The van der Waals surface area contributed by atoms with E-state index in [1.807, 2.05) is 30.3 Å². The smallest absolute Gasteiger partial charge is 0.137 e. The predicted octanol–water partition coefficient (Wildman–Crippen LogP) is 0.753. The van der Waals surface area contributed by atoms with Crippen LogP contribution < -0.4 is 5.73 Å². The van der Waals surface area contributed by atoms with E-state index in [1.165, 1.54) is 0 Å². The van der Waals surface area contributed by atoms with Crippen molar-refractivity contribution in [2.24, 2.45) is 5.73 Å². The number of hydrogen-bond acceptors (Lipinski definition) is 2. The molecule has 1 aromatic rings. The van der Waals surface area contributed by atoms with Gasteiger partial charge >= 0.3 is 0 Å². The van der Waals surface area contributed by atoms with Crippen LogP contribution in [0.25, 0.3) is 0 Å². The summed E-state index contributed by atoms with van der Waals surface area (Å²) in [6.07, 6.45) is 1.40. The third kappa shape index (κ3) is 3.67. The van der Waals surface area contributed by atoms with Gasteiger partial charge in [0.25, 0.3) is 0 Å². The number of benzene rings is 1. The van der Waals surface area contributed by atoms with Gasteiger partial charge < -0.3 is 10.5 Å². The van der Waals surface area contributed by atoms with Crippen LogP contribution in [0.4, 0.5) is 0 Å². The number of carbonyl (C=O) groups excluding carboxylic acids is 1. The number of nitrogens with two attached hydrogens (primary N) is 1. The minimum Gasteiger partial charge on any atom is -0.321 e. The van der Waals surface area contributed by atoms with E-state index in [-0.39, 0.29) is 23.1 Å². The third-order valence-corrected chi connectivity index (χ3v) is 1.49. The van der Waals surface area contributed by atoms with E-state index in [2.05, 4.69) is 0 Å². The first-order chi connectivity index (χ1) is 5.33. The second kappa shape index (κ2) is 5.95. The molecule has 0 aliphatic rings. The zero-order chi connectivity index (χ0) is 8.10. The van der Waals surface area contributed by atoms with Crippen molar-refractivity contribution in [2.45, 2.75) is 12.5 Å². The summed E-state index contributed by atoms with van der Waals surface area (Å²) in [5.74, 6) is 0. The van der Waals surface area contributed by atoms with Gasteiger partial charge in [0.1, 0.15) is 6.29 Å². The zero-order valence-electron chi connectivity index (χ0n) is 6.54. The largest absolute Gasteiger partial charge is 0.321 e. The summed E-state index contributed by atoms with van der Waals surface area (Å²) in [7, 11) is 0. The Hall–Kier alpha value is -0.631. The van der Waals surface area contributed by atoms with Gasteiger partial charge in [0.05, 0.1) is 6.04 Å². The maximum Gasteiger partial charge on any atom is 0.137 e. The predicted molar refractivity (Wildman–Crippen MR) is 44.2 cm³/mol. The van der Waals surface area contributed by atoms with Crippen LogP contribution in [0.2, 0.25) is 0 Å². The van der Waals surface area contributed by atoms with E-state index in [4.69, 9.17) is 5.73 Å². The van der Waals surface area contributed by atoms with Crippen molar-refractivity contribution < 1.29 is 21.9 Å². The van der Waals surface area contributed by atoms with Crippen LogP contribution >= 0.6 is 0 Å². The Kier molecular flexibility index (Phi) is 5.64. The molecule has 1 radical (unpaired) electrons. The van der Waals surface area contributed by atoms with Crippen molar-refractivity contribution >= 4 is 6.29 Å². The zero-order valence-corrected chi connectivity index (χ0v) is 7.48. The van der Waals surface area contributed by atoms with Crippen molar-refractivity contribution in [3.8, 4) is 0 Å². The van der Waals surface area contributed by atoms with Gasteiger partial charge in [-0.3, -0.25) is 0 Å². The first kappa shape index (κ1) is 11.4. The summed E-state index contributed by atoms with van der Waals surface area (Å²) in [6.45, 7) is 0. The topological polar surface area (TPSA) is 43.1 Å². The Balaban J connectivity index is 0.00000121. The first-order valence-corrected chi connectivity index (χ1v) is 3.57. The van der Waals surface area contributed by atoms with Crippen LogP contribution in [0.1, 0.15) is 5.56 Å². The van der Waals surface area contributed by atoms with Crippen molar-refractivity contribution in [1.29, 1.82) is 0 Å². The molecule has 12 heavy (non-hydrogen) atoms. The van der Waals surface area contributed by atoms with Gasteiger partial charge in [-0.1, -0.05) is 30.3 Å². The SMILES string of the molecule is NC(C=O)Cc1ccccc1.[Cu]. The normalized spacial score (nSPS) is 11.4. The number of rotatable bonds is 3. The van der Waals surface area contributed by atoms with E-state index in [0.29, 0.717) is 6.42 Å². The molecule has 0 bridgehead atoms. The average Bonchev–Trinajstić information content (AvgIpc) is 2.06. The number of hydrogen-bond donors (Lipinski definition) is 1. The van der Waals surface area contributed by atoms with Gasteiger partial charge in [0.15, 0.2) is 0 Å². The van der Waals surface area contributed by atoms with Gasteiger partial charge in [0, 0.05) is 17.1 Å². The minimum atomic E-state index is -0.364. The molecule has 0 aliphatic carbocycles. The van der Waals surface area contributed by atoms with E-state index >= 15 is 0 Å². The average molecular weight is 213 g/mol. The Morgan fingerprint density at radius 1 is 1.33 bits per heavy atom. The van der Waals surface area contributed by atoms with Gasteiger partial charge in [-0.15, -0.1) is 0 Å². The molecule has 3 heteroatoms. The molecule has 69 valence electrons. The summed E-state index contributed by atoms with van der Waals surface area (Å²) < 4.78 is 0. The molecule has 0 fully saturated rings. The van der Waals surface area contributed by atoms with Crippen LogP contribution in [0.5, 0.6) is 0 Å². The summed E-state index contributed by atoms with van der Waals surface area (Å²) in [6, 6.07) is 9.37. The Morgan fingerprint density at radius 2 is 1.92 bits per heavy atom. The van der Waals surface area contributed by atoms with Gasteiger partial charge in [-0.25, -0.2) is 0 Å². The van der Waals surface area contributed by atoms with E-state index in [0.717, 1.165) is 11.8 Å². The Bertz CT molecular complexity index is 225. The molecule has 0 aromatic heterocycles. The van der Waals surface area contributed by atoms with Crippen LogP contribution in [0, 0.1) is 0 Å². The molecule has 0 saturated heterocycles. The maximum absolute atomic E-state index is 10.2. The molecule has 0 aliphatic heterocycles. The molecule has 0 heterocycles. The molecular formula is C9H11CuNO. The minimum absolute atomic E-state index is 0. The first-order valence-electron chi connectivity index (χ1n) is 3.57. The number of carbonyl (C=O) groups is 1. The van der Waals surface area contributed by atoms with Crippen molar-refractivity contribution in [3.63, 3.8) is 0 Å². The van der Waals surface area contributed by atoms with E-state index in [1.54, 1.807) is 0 Å². The monoisotopic (exact) mass is 212 g/mol. The molecule has 1 aromatic carbocycles. The molecular weight excluding hydrogens is 202 g/mol. The molecule has 1 atom stereocenters. The van der Waals surface area contributed by atoms with Crippen LogP contribution in [0.3, 0.4) is 0 Å². The maximum atomic E-state index is 10.2. The Morgan fingerprint density at radius 3 is 2.42 bits per heavy atom. The van der Waals surface area contributed by atoms with Crippen molar-refractivity contribution in [2.75, 3.05) is 0 Å². The summed E-state index contributed by atoms with van der Waals surface area (Å²) in [4.78, 5) is 10.2. The second-order valence-electron chi connectivity index (χ2n) is 2.49.